The van der Waals surface area contributed by atoms with Crippen LogP contribution >= 0.6 is 11.6 Å². The fourth-order valence-corrected chi connectivity index (χ4v) is 2.34. The van der Waals surface area contributed by atoms with E-state index in [4.69, 9.17) is 21.1 Å². The molecule has 0 radical (unpaired) electrons. The van der Waals surface area contributed by atoms with Gasteiger partial charge in [0.05, 0.1) is 12.1 Å². The van der Waals surface area contributed by atoms with Crippen LogP contribution in [0, 0.1) is 6.92 Å². The highest BCUT2D eigenvalue weighted by molar-refractivity contribution is 6.32. The summed E-state index contributed by atoms with van der Waals surface area (Å²) >= 11 is 6.00. The van der Waals surface area contributed by atoms with Crippen molar-refractivity contribution in [1.82, 2.24) is 0 Å². The number of methoxy groups -OCH3 is 1. The third kappa shape index (κ3) is 4.64. The first-order valence-electron chi connectivity index (χ1n) is 7.47. The Hall–Kier alpha value is -2.73. The van der Waals surface area contributed by atoms with Crippen LogP contribution < -0.4 is 10.1 Å². The van der Waals surface area contributed by atoms with E-state index in [1.807, 2.05) is 0 Å². The molecule has 0 spiro atoms. The quantitative estimate of drug-likeness (QED) is 0.793. The topological polar surface area (TPSA) is 84.9 Å². The molecule has 0 aliphatic carbocycles. The minimum Gasteiger partial charge on any atom is -0.507 e. The molecule has 0 heterocycles. The number of ether oxygens (including phenoxy) is 2. The molecule has 0 aromatic heterocycles. The molecule has 0 aliphatic rings. The van der Waals surface area contributed by atoms with Crippen LogP contribution in [0.15, 0.2) is 36.4 Å². The number of carbonyl (C=O) groups is 2. The highest BCUT2D eigenvalue weighted by Crippen LogP contribution is 2.27. The minimum absolute atomic E-state index is 0.00661. The number of amides is 1. The van der Waals surface area contributed by atoms with Crippen LogP contribution in [0.4, 0.5) is 5.69 Å². The zero-order chi connectivity index (χ0) is 18.6. The molecule has 0 unspecified atom stereocenters. The first-order valence-corrected chi connectivity index (χ1v) is 7.84. The van der Waals surface area contributed by atoms with E-state index in [2.05, 4.69) is 5.32 Å². The van der Waals surface area contributed by atoms with Crippen molar-refractivity contribution in [1.29, 1.82) is 0 Å². The first kappa shape index (κ1) is 18.6. The fraction of sp³-hybridized carbons (Fsp3) is 0.222. The van der Waals surface area contributed by atoms with Gasteiger partial charge in [-0.1, -0.05) is 23.2 Å². The number of hydrogen-bond acceptors (Lipinski definition) is 5. The lowest BCUT2D eigenvalue weighted by Crippen LogP contribution is -2.30. The Morgan fingerprint density at radius 2 is 1.92 bits per heavy atom. The molecule has 0 fully saturated rings. The van der Waals surface area contributed by atoms with E-state index in [0.29, 0.717) is 16.5 Å². The highest BCUT2D eigenvalue weighted by Gasteiger charge is 2.21. The van der Waals surface area contributed by atoms with Gasteiger partial charge in [0.1, 0.15) is 17.1 Å². The summed E-state index contributed by atoms with van der Waals surface area (Å²) in [4.78, 5) is 24.3. The van der Waals surface area contributed by atoms with E-state index in [0.717, 1.165) is 5.56 Å². The summed E-state index contributed by atoms with van der Waals surface area (Å²) in [6.45, 7) is 3.21. The number of aromatic hydroxyl groups is 1. The Morgan fingerprint density at radius 1 is 1.20 bits per heavy atom. The van der Waals surface area contributed by atoms with E-state index in [1.54, 1.807) is 25.1 Å². The molecular weight excluding hydrogens is 346 g/mol. The molecule has 25 heavy (non-hydrogen) atoms. The first-order chi connectivity index (χ1) is 11.8. The van der Waals surface area contributed by atoms with Crippen molar-refractivity contribution in [2.45, 2.75) is 20.0 Å². The van der Waals surface area contributed by atoms with Crippen molar-refractivity contribution >= 4 is 29.2 Å². The second-order valence-corrected chi connectivity index (χ2v) is 5.81. The van der Waals surface area contributed by atoms with Gasteiger partial charge in [-0.05, 0) is 44.2 Å². The minimum atomic E-state index is -1.06. The normalized spacial score (nSPS) is 11.5. The van der Waals surface area contributed by atoms with E-state index >= 15 is 0 Å². The summed E-state index contributed by atoms with van der Waals surface area (Å²) < 4.78 is 10.1. The van der Waals surface area contributed by atoms with E-state index in [-0.39, 0.29) is 11.3 Å². The van der Waals surface area contributed by atoms with Crippen LogP contribution in [0.25, 0.3) is 0 Å². The lowest BCUT2D eigenvalue weighted by molar-refractivity contribution is -0.123. The molecule has 1 atom stereocenters. The molecular formula is C18H18ClNO5. The Labute approximate surface area is 150 Å². The van der Waals surface area contributed by atoms with Gasteiger partial charge in [-0.3, -0.25) is 4.79 Å². The van der Waals surface area contributed by atoms with Crippen molar-refractivity contribution in [3.05, 3.63) is 52.5 Å². The number of anilines is 1. The summed E-state index contributed by atoms with van der Waals surface area (Å²) in [5.41, 5.74) is 1.24. The fourth-order valence-electron chi connectivity index (χ4n) is 2.08. The number of aryl methyl sites for hydroxylation is 1. The number of phenolic OH excluding ortho intramolecular Hbond substituents is 1. The highest BCUT2D eigenvalue weighted by atomic mass is 35.5. The van der Waals surface area contributed by atoms with Crippen LogP contribution in [0.5, 0.6) is 11.5 Å². The van der Waals surface area contributed by atoms with Gasteiger partial charge in [-0.15, -0.1) is 0 Å². The summed E-state index contributed by atoms with van der Waals surface area (Å²) in [7, 11) is 1.49. The molecule has 0 aliphatic heterocycles. The molecule has 1 amide bonds. The Balaban J connectivity index is 2.03. The molecule has 0 saturated heterocycles. The van der Waals surface area contributed by atoms with Crippen LogP contribution in [-0.2, 0) is 9.53 Å². The maximum absolute atomic E-state index is 12.2. The van der Waals surface area contributed by atoms with Crippen LogP contribution in [0.3, 0.4) is 0 Å². The molecule has 0 bridgehead atoms. The number of carbonyl (C=O) groups excluding carboxylic acids is 2. The molecule has 132 valence electrons. The molecule has 2 N–H and O–H groups in total. The lowest BCUT2D eigenvalue weighted by Gasteiger charge is -2.15. The SMILES string of the molecule is COc1ccc(NC(=O)[C@H](C)OC(=O)c2cc(C)ccc2O)cc1Cl. The van der Waals surface area contributed by atoms with Crippen LogP contribution in [-0.4, -0.2) is 30.2 Å². The standard InChI is InChI=1S/C18H18ClNO5/c1-10-4-6-15(21)13(8-10)18(23)25-11(2)17(22)20-12-5-7-16(24-3)14(19)9-12/h4-9,11,21H,1-3H3,(H,20,22)/t11-/m0/s1. The van der Waals surface area contributed by atoms with Crippen LogP contribution in [0.1, 0.15) is 22.8 Å². The summed E-state index contributed by atoms with van der Waals surface area (Å²) in [5.74, 6) is -1.03. The summed E-state index contributed by atoms with van der Waals surface area (Å²) in [6.07, 6.45) is -1.06. The van der Waals surface area contributed by atoms with Crippen molar-refractivity contribution in [2.24, 2.45) is 0 Å². The van der Waals surface area contributed by atoms with Gasteiger partial charge in [0.2, 0.25) is 0 Å². The van der Waals surface area contributed by atoms with E-state index < -0.39 is 18.0 Å². The maximum atomic E-state index is 12.2. The zero-order valence-corrected chi connectivity index (χ0v) is 14.8. The Morgan fingerprint density at radius 3 is 2.56 bits per heavy atom. The lowest BCUT2D eigenvalue weighted by atomic mass is 10.1. The van der Waals surface area contributed by atoms with Gasteiger partial charge in [0.15, 0.2) is 6.10 Å². The molecule has 7 heteroatoms. The number of benzene rings is 2. The summed E-state index contributed by atoms with van der Waals surface area (Å²) in [6, 6.07) is 9.30. The van der Waals surface area contributed by atoms with Crippen molar-refractivity contribution in [2.75, 3.05) is 12.4 Å². The molecule has 2 rings (SSSR count). The van der Waals surface area contributed by atoms with Gasteiger partial charge in [-0.2, -0.15) is 0 Å². The Bertz CT molecular complexity index is 806. The average molecular weight is 364 g/mol. The predicted molar refractivity (Wildman–Crippen MR) is 94.4 cm³/mol. The third-order valence-electron chi connectivity index (χ3n) is 3.44. The van der Waals surface area contributed by atoms with Crippen molar-refractivity contribution in [3.63, 3.8) is 0 Å². The average Bonchev–Trinajstić information content (AvgIpc) is 2.57. The van der Waals surface area contributed by atoms with E-state index in [1.165, 1.54) is 32.2 Å². The smallest absolute Gasteiger partial charge is 0.342 e. The molecule has 0 saturated carbocycles. The van der Waals surface area contributed by atoms with Gasteiger partial charge in [-0.25, -0.2) is 4.79 Å². The van der Waals surface area contributed by atoms with E-state index in [9.17, 15) is 14.7 Å². The Kier molecular flexibility index (Phi) is 5.88. The number of phenols is 1. The van der Waals surface area contributed by atoms with Gasteiger partial charge in [0.25, 0.3) is 5.91 Å². The number of halogens is 1. The largest absolute Gasteiger partial charge is 0.507 e. The second-order valence-electron chi connectivity index (χ2n) is 5.41. The van der Waals surface area contributed by atoms with Crippen molar-refractivity contribution in [3.8, 4) is 11.5 Å². The molecule has 6 nitrogen and oxygen atoms in total. The predicted octanol–water partition coefficient (Wildman–Crippen LogP) is 3.55. The number of rotatable bonds is 5. The maximum Gasteiger partial charge on any atom is 0.342 e. The van der Waals surface area contributed by atoms with Crippen molar-refractivity contribution < 1.29 is 24.2 Å². The third-order valence-corrected chi connectivity index (χ3v) is 3.74. The van der Waals surface area contributed by atoms with Crippen LogP contribution in [0.2, 0.25) is 5.02 Å². The van der Waals surface area contributed by atoms with Gasteiger partial charge in [0, 0.05) is 5.69 Å². The number of hydrogen-bond donors (Lipinski definition) is 2. The van der Waals surface area contributed by atoms with Gasteiger partial charge >= 0.3 is 5.97 Å². The van der Waals surface area contributed by atoms with Gasteiger partial charge < -0.3 is 19.9 Å². The second kappa shape index (κ2) is 7.90. The molecule has 2 aromatic rings. The number of esters is 1. The number of nitrogens with one attached hydrogen (secondary N) is 1. The summed E-state index contributed by atoms with van der Waals surface area (Å²) in [5, 5.41) is 12.7. The monoisotopic (exact) mass is 363 g/mol. The molecule has 2 aromatic carbocycles. The zero-order valence-electron chi connectivity index (χ0n) is 14.0.